The number of ether oxygens (including phenoxy) is 1. The number of nitro benzene ring substituents is 1. The van der Waals surface area contributed by atoms with Crippen LogP contribution in [0.3, 0.4) is 0 Å². The molecule has 1 aromatic carbocycles. The van der Waals surface area contributed by atoms with Crippen molar-refractivity contribution in [1.29, 1.82) is 0 Å². The van der Waals surface area contributed by atoms with Gasteiger partial charge >= 0.3 is 0 Å². The van der Waals surface area contributed by atoms with E-state index in [-0.39, 0.29) is 5.69 Å². The maximum absolute atomic E-state index is 10.6. The van der Waals surface area contributed by atoms with E-state index in [1.807, 2.05) is 19.1 Å². The molecule has 0 atom stereocenters. The molecule has 1 aromatic heterocycles. The summed E-state index contributed by atoms with van der Waals surface area (Å²) >= 11 is 0. The Morgan fingerprint density at radius 1 is 1.26 bits per heavy atom. The average molecular weight is 258 g/mol. The molecular weight excluding hydrogens is 244 g/mol. The number of aryl methyl sites for hydroxylation is 2. The van der Waals surface area contributed by atoms with Crippen molar-refractivity contribution < 1.29 is 9.66 Å². The summed E-state index contributed by atoms with van der Waals surface area (Å²) in [7, 11) is 0. The normalized spacial score (nSPS) is 10.2. The van der Waals surface area contributed by atoms with Gasteiger partial charge in [0.2, 0.25) is 0 Å². The van der Waals surface area contributed by atoms with Crippen molar-refractivity contribution in [3.8, 4) is 5.75 Å². The lowest BCUT2D eigenvalue weighted by Gasteiger charge is -2.08. The van der Waals surface area contributed by atoms with Crippen LogP contribution < -0.4 is 4.74 Å². The van der Waals surface area contributed by atoms with E-state index < -0.39 is 4.92 Å². The first kappa shape index (κ1) is 13.0. The Balaban J connectivity index is 2.10. The molecule has 0 spiro atoms. The van der Waals surface area contributed by atoms with Crippen molar-refractivity contribution >= 4 is 5.69 Å². The van der Waals surface area contributed by atoms with Crippen LogP contribution >= 0.6 is 0 Å². The smallest absolute Gasteiger partial charge is 0.269 e. The third-order valence-corrected chi connectivity index (χ3v) is 2.72. The molecule has 0 saturated carbocycles. The van der Waals surface area contributed by atoms with Gasteiger partial charge in [0.15, 0.2) is 0 Å². The van der Waals surface area contributed by atoms with Gasteiger partial charge in [0.25, 0.3) is 5.69 Å². The van der Waals surface area contributed by atoms with E-state index in [1.165, 1.54) is 12.1 Å². The first-order valence-corrected chi connectivity index (χ1v) is 5.85. The molecule has 5 heteroatoms. The van der Waals surface area contributed by atoms with Gasteiger partial charge in [-0.2, -0.15) is 0 Å². The number of aromatic nitrogens is 1. The molecule has 0 radical (unpaired) electrons. The number of non-ortho nitro benzene ring substituents is 1. The van der Waals surface area contributed by atoms with E-state index >= 15 is 0 Å². The highest BCUT2D eigenvalue weighted by atomic mass is 16.6. The van der Waals surface area contributed by atoms with Gasteiger partial charge in [-0.3, -0.25) is 15.1 Å². The Morgan fingerprint density at radius 2 is 2.05 bits per heavy atom. The zero-order chi connectivity index (χ0) is 13.8. The van der Waals surface area contributed by atoms with Crippen molar-refractivity contribution in [3.05, 3.63) is 63.5 Å². The van der Waals surface area contributed by atoms with Gasteiger partial charge in [-0.15, -0.1) is 0 Å². The minimum atomic E-state index is -0.418. The zero-order valence-electron chi connectivity index (χ0n) is 10.8. The molecule has 98 valence electrons. The van der Waals surface area contributed by atoms with Gasteiger partial charge in [-0.05, 0) is 43.2 Å². The fraction of sp³-hybridized carbons (Fsp3) is 0.214. The molecule has 0 aliphatic heterocycles. The molecule has 19 heavy (non-hydrogen) atoms. The van der Waals surface area contributed by atoms with Gasteiger partial charge in [0.05, 0.1) is 10.6 Å². The summed E-state index contributed by atoms with van der Waals surface area (Å²) in [6, 6.07) is 8.41. The van der Waals surface area contributed by atoms with Crippen LogP contribution in [0, 0.1) is 24.0 Å². The third kappa shape index (κ3) is 3.28. The predicted octanol–water partition coefficient (Wildman–Crippen LogP) is 3.19. The maximum atomic E-state index is 10.6. The lowest BCUT2D eigenvalue weighted by atomic mass is 10.2. The Labute approximate surface area is 111 Å². The van der Waals surface area contributed by atoms with Crippen LogP contribution in [0.4, 0.5) is 5.69 Å². The van der Waals surface area contributed by atoms with Gasteiger partial charge in [-0.1, -0.05) is 0 Å². The van der Waals surface area contributed by atoms with Crippen molar-refractivity contribution in [2.45, 2.75) is 20.5 Å². The number of pyridine rings is 1. The van der Waals surface area contributed by atoms with Crippen molar-refractivity contribution in [2.24, 2.45) is 0 Å². The number of hydrogen-bond donors (Lipinski definition) is 0. The van der Waals surface area contributed by atoms with E-state index in [9.17, 15) is 10.1 Å². The number of nitro groups is 1. The van der Waals surface area contributed by atoms with E-state index in [1.54, 1.807) is 19.2 Å². The van der Waals surface area contributed by atoms with Crippen LogP contribution in [-0.2, 0) is 6.61 Å². The van der Waals surface area contributed by atoms with Gasteiger partial charge in [-0.25, -0.2) is 0 Å². The number of rotatable bonds is 4. The van der Waals surface area contributed by atoms with Crippen LogP contribution in [0.15, 0.2) is 36.5 Å². The molecular formula is C14H14N2O3. The van der Waals surface area contributed by atoms with Crippen LogP contribution in [-0.4, -0.2) is 9.91 Å². The minimum Gasteiger partial charge on any atom is -0.487 e. The van der Waals surface area contributed by atoms with Crippen LogP contribution in [0.1, 0.15) is 16.8 Å². The summed E-state index contributed by atoms with van der Waals surface area (Å²) in [5.74, 6) is 0.633. The predicted molar refractivity (Wildman–Crippen MR) is 71.1 cm³/mol. The van der Waals surface area contributed by atoms with E-state index in [0.29, 0.717) is 12.4 Å². The van der Waals surface area contributed by atoms with Gasteiger partial charge in [0, 0.05) is 18.3 Å². The molecule has 2 aromatic rings. The summed E-state index contributed by atoms with van der Waals surface area (Å²) in [6.07, 6.45) is 1.73. The van der Waals surface area contributed by atoms with Gasteiger partial charge in [0.1, 0.15) is 12.4 Å². The standard InChI is InChI=1S/C14H14N2O3/c1-10-5-6-15-12(7-10)9-19-14-4-3-13(16(17)18)8-11(14)2/h3-8H,9H2,1-2H3. The molecule has 0 saturated heterocycles. The first-order chi connectivity index (χ1) is 9.06. The topological polar surface area (TPSA) is 65.3 Å². The summed E-state index contributed by atoms with van der Waals surface area (Å²) in [4.78, 5) is 14.4. The molecule has 0 aliphatic carbocycles. The third-order valence-electron chi connectivity index (χ3n) is 2.72. The zero-order valence-corrected chi connectivity index (χ0v) is 10.8. The molecule has 2 rings (SSSR count). The molecule has 0 aliphatic rings. The monoisotopic (exact) mass is 258 g/mol. The molecule has 0 bridgehead atoms. The summed E-state index contributed by atoms with van der Waals surface area (Å²) in [5, 5.41) is 10.6. The fourth-order valence-corrected chi connectivity index (χ4v) is 1.74. The van der Waals surface area contributed by atoms with Gasteiger partial charge < -0.3 is 4.74 Å². The van der Waals surface area contributed by atoms with Crippen molar-refractivity contribution in [3.63, 3.8) is 0 Å². The summed E-state index contributed by atoms with van der Waals surface area (Å²) in [5.41, 5.74) is 2.76. The second kappa shape index (κ2) is 5.48. The van der Waals surface area contributed by atoms with Crippen LogP contribution in [0.25, 0.3) is 0 Å². The van der Waals surface area contributed by atoms with E-state index in [2.05, 4.69) is 4.98 Å². The molecule has 1 heterocycles. The second-order valence-corrected chi connectivity index (χ2v) is 4.32. The highest BCUT2D eigenvalue weighted by Crippen LogP contribution is 2.23. The highest BCUT2D eigenvalue weighted by Gasteiger charge is 2.09. The van der Waals surface area contributed by atoms with Crippen LogP contribution in [0.5, 0.6) is 5.75 Å². The highest BCUT2D eigenvalue weighted by molar-refractivity contribution is 5.42. The lowest BCUT2D eigenvalue weighted by molar-refractivity contribution is -0.384. The van der Waals surface area contributed by atoms with Crippen LogP contribution in [0.2, 0.25) is 0 Å². The van der Waals surface area contributed by atoms with Crippen molar-refractivity contribution in [1.82, 2.24) is 4.98 Å². The molecule has 0 N–H and O–H groups in total. The lowest BCUT2D eigenvalue weighted by Crippen LogP contribution is -2.00. The number of nitrogens with zero attached hydrogens (tertiary/aromatic N) is 2. The van der Waals surface area contributed by atoms with E-state index in [0.717, 1.165) is 16.8 Å². The average Bonchev–Trinajstić information content (AvgIpc) is 2.37. The summed E-state index contributed by atoms with van der Waals surface area (Å²) in [6.45, 7) is 4.12. The Bertz CT molecular complexity index is 611. The first-order valence-electron chi connectivity index (χ1n) is 5.85. The largest absolute Gasteiger partial charge is 0.487 e. The Morgan fingerprint density at radius 3 is 2.68 bits per heavy atom. The molecule has 5 nitrogen and oxygen atoms in total. The van der Waals surface area contributed by atoms with Crippen molar-refractivity contribution in [2.75, 3.05) is 0 Å². The minimum absolute atomic E-state index is 0.0681. The molecule has 0 amide bonds. The number of benzene rings is 1. The Hall–Kier alpha value is -2.43. The maximum Gasteiger partial charge on any atom is 0.269 e. The number of hydrogen-bond acceptors (Lipinski definition) is 4. The Kier molecular flexibility index (Phi) is 3.75. The quantitative estimate of drug-likeness (QED) is 0.624. The summed E-state index contributed by atoms with van der Waals surface area (Å²) < 4.78 is 5.63. The molecule has 0 unspecified atom stereocenters. The fourth-order valence-electron chi connectivity index (χ4n) is 1.74. The SMILES string of the molecule is Cc1ccnc(COc2ccc([N+](=O)[O-])cc2C)c1. The van der Waals surface area contributed by atoms with E-state index in [4.69, 9.17) is 4.74 Å². The molecule has 0 fully saturated rings. The second-order valence-electron chi connectivity index (χ2n) is 4.32.